The van der Waals surface area contributed by atoms with Gasteiger partial charge in [-0.25, -0.2) is 9.18 Å². The molecule has 0 aliphatic carbocycles. The first-order valence-corrected chi connectivity index (χ1v) is 3.97. The van der Waals surface area contributed by atoms with E-state index >= 15 is 0 Å². The van der Waals surface area contributed by atoms with Gasteiger partial charge in [-0.15, -0.1) is 0 Å². The van der Waals surface area contributed by atoms with Gasteiger partial charge in [-0.05, 0) is 26.0 Å². The molecule has 1 N–H and O–H groups in total. The third kappa shape index (κ3) is 2.57. The lowest BCUT2D eigenvalue weighted by Gasteiger charge is -2.16. The lowest BCUT2D eigenvalue weighted by atomic mass is 10.2. The Morgan fingerprint density at radius 2 is 2.31 bits per heavy atom. The smallest absolute Gasteiger partial charge is 0.352 e. The van der Waals surface area contributed by atoms with Crippen molar-refractivity contribution in [2.45, 2.75) is 26.1 Å². The lowest BCUT2D eigenvalue weighted by molar-refractivity contribution is 0.0680. The molecule has 0 bridgehead atoms. The molecule has 1 heterocycles. The van der Waals surface area contributed by atoms with Gasteiger partial charge in [0.25, 0.3) is 0 Å². The molecule has 0 aliphatic rings. The summed E-state index contributed by atoms with van der Waals surface area (Å²) in [7, 11) is 0. The zero-order chi connectivity index (χ0) is 10.1. The van der Waals surface area contributed by atoms with Crippen molar-refractivity contribution in [3.63, 3.8) is 0 Å². The van der Waals surface area contributed by atoms with E-state index in [2.05, 4.69) is 0 Å². The number of carboxylic acid groups (broad SMARTS) is 1. The third-order valence-corrected chi connectivity index (χ3v) is 1.59. The Hall–Kier alpha value is -1.32. The van der Waals surface area contributed by atoms with E-state index in [1.54, 1.807) is 12.3 Å². The van der Waals surface area contributed by atoms with E-state index < -0.39 is 11.6 Å². The second kappa shape index (κ2) is 3.20. The van der Waals surface area contributed by atoms with E-state index in [0.29, 0.717) is 0 Å². The predicted molar refractivity (Wildman–Crippen MR) is 46.6 cm³/mol. The highest BCUT2D eigenvalue weighted by Gasteiger charge is 2.19. The zero-order valence-corrected chi connectivity index (χ0v) is 7.62. The van der Waals surface area contributed by atoms with Crippen LogP contribution in [-0.4, -0.2) is 21.3 Å². The second-order valence-corrected chi connectivity index (χ2v) is 3.55. The first-order chi connectivity index (χ1) is 5.90. The van der Waals surface area contributed by atoms with E-state index in [4.69, 9.17) is 5.11 Å². The standard InChI is InChI=1S/C9H12FNO2/c1-9(2,10)6-11-5-3-4-7(11)8(12)13/h3-5H,6H2,1-2H3,(H,12,13). The highest BCUT2D eigenvalue weighted by molar-refractivity contribution is 5.85. The molecule has 4 heteroatoms. The monoisotopic (exact) mass is 185 g/mol. The SMILES string of the molecule is CC(C)(F)Cn1cccc1C(=O)O. The largest absolute Gasteiger partial charge is 0.477 e. The van der Waals surface area contributed by atoms with Crippen molar-refractivity contribution in [3.8, 4) is 0 Å². The fourth-order valence-electron chi connectivity index (χ4n) is 1.15. The van der Waals surface area contributed by atoms with Gasteiger partial charge in [-0.1, -0.05) is 0 Å². The number of aromatic carboxylic acids is 1. The molecule has 0 amide bonds. The van der Waals surface area contributed by atoms with E-state index in [9.17, 15) is 9.18 Å². The van der Waals surface area contributed by atoms with Crippen LogP contribution in [0.25, 0.3) is 0 Å². The Morgan fingerprint density at radius 3 is 2.77 bits per heavy atom. The molecule has 0 saturated carbocycles. The summed E-state index contributed by atoms with van der Waals surface area (Å²) in [5, 5.41) is 8.71. The number of hydrogen-bond acceptors (Lipinski definition) is 1. The molecule has 0 saturated heterocycles. The Morgan fingerprint density at radius 1 is 1.69 bits per heavy atom. The van der Waals surface area contributed by atoms with Gasteiger partial charge in [0.15, 0.2) is 0 Å². The highest BCUT2D eigenvalue weighted by atomic mass is 19.1. The van der Waals surface area contributed by atoms with E-state index in [1.165, 1.54) is 24.5 Å². The van der Waals surface area contributed by atoms with E-state index in [1.807, 2.05) is 0 Å². The van der Waals surface area contributed by atoms with E-state index in [-0.39, 0.29) is 12.2 Å². The summed E-state index contributed by atoms with van der Waals surface area (Å²) < 4.78 is 14.6. The normalized spacial score (nSPS) is 11.6. The van der Waals surface area contributed by atoms with Crippen LogP contribution in [0.4, 0.5) is 4.39 Å². The molecule has 0 atom stereocenters. The van der Waals surface area contributed by atoms with Crippen LogP contribution in [0.3, 0.4) is 0 Å². The number of rotatable bonds is 3. The number of alkyl halides is 1. The molecular weight excluding hydrogens is 173 g/mol. The van der Waals surface area contributed by atoms with Gasteiger partial charge in [0.2, 0.25) is 0 Å². The predicted octanol–water partition coefficient (Wildman–Crippen LogP) is 1.93. The average molecular weight is 185 g/mol. The number of carboxylic acids is 1. The van der Waals surface area contributed by atoms with E-state index in [0.717, 1.165) is 0 Å². The maximum absolute atomic E-state index is 13.2. The molecule has 1 aromatic heterocycles. The molecule has 1 aromatic rings. The summed E-state index contributed by atoms with van der Waals surface area (Å²) in [5.41, 5.74) is -1.28. The van der Waals surface area contributed by atoms with Crippen LogP contribution in [0, 0.1) is 0 Å². The zero-order valence-electron chi connectivity index (χ0n) is 7.62. The van der Waals surface area contributed by atoms with Crippen molar-refractivity contribution in [2.75, 3.05) is 0 Å². The fourth-order valence-corrected chi connectivity index (χ4v) is 1.15. The average Bonchev–Trinajstić information content (AvgIpc) is 2.31. The van der Waals surface area contributed by atoms with Gasteiger partial charge in [0.1, 0.15) is 11.4 Å². The maximum atomic E-state index is 13.2. The van der Waals surface area contributed by atoms with Crippen LogP contribution in [0.15, 0.2) is 18.3 Å². The lowest BCUT2D eigenvalue weighted by Crippen LogP contribution is -2.22. The van der Waals surface area contributed by atoms with Crippen molar-refractivity contribution in [1.29, 1.82) is 0 Å². The summed E-state index contributed by atoms with van der Waals surface area (Å²) in [6, 6.07) is 3.04. The van der Waals surface area contributed by atoms with Crippen LogP contribution in [0.5, 0.6) is 0 Å². The van der Waals surface area contributed by atoms with Crippen molar-refractivity contribution in [3.05, 3.63) is 24.0 Å². The summed E-state index contributed by atoms with van der Waals surface area (Å²) >= 11 is 0. The number of aromatic nitrogens is 1. The molecule has 0 aromatic carbocycles. The molecule has 1 rings (SSSR count). The Labute approximate surface area is 75.8 Å². The molecule has 13 heavy (non-hydrogen) atoms. The first kappa shape index (κ1) is 9.77. The minimum Gasteiger partial charge on any atom is -0.477 e. The molecular formula is C9H12FNO2. The summed E-state index contributed by atoms with van der Waals surface area (Å²) in [6.07, 6.45) is 1.56. The van der Waals surface area contributed by atoms with Gasteiger partial charge < -0.3 is 9.67 Å². The van der Waals surface area contributed by atoms with Gasteiger partial charge >= 0.3 is 5.97 Å². The Bertz CT molecular complexity index is 312. The van der Waals surface area contributed by atoms with Crippen molar-refractivity contribution < 1.29 is 14.3 Å². The molecule has 0 aliphatic heterocycles. The first-order valence-electron chi connectivity index (χ1n) is 3.97. The quantitative estimate of drug-likeness (QED) is 0.781. The maximum Gasteiger partial charge on any atom is 0.352 e. The fraction of sp³-hybridized carbons (Fsp3) is 0.444. The topological polar surface area (TPSA) is 42.2 Å². The highest BCUT2D eigenvalue weighted by Crippen LogP contribution is 2.14. The number of halogens is 1. The van der Waals surface area contributed by atoms with Crippen molar-refractivity contribution in [2.24, 2.45) is 0 Å². The summed E-state index contributed by atoms with van der Waals surface area (Å²) in [5.74, 6) is -1.03. The van der Waals surface area contributed by atoms with Crippen LogP contribution in [0.2, 0.25) is 0 Å². The number of carbonyl (C=O) groups is 1. The molecule has 0 spiro atoms. The molecule has 0 fully saturated rings. The van der Waals surface area contributed by atoms with Crippen LogP contribution in [0.1, 0.15) is 24.3 Å². The van der Waals surface area contributed by atoms with Gasteiger partial charge in [0, 0.05) is 6.20 Å². The van der Waals surface area contributed by atoms with Crippen molar-refractivity contribution in [1.82, 2.24) is 4.57 Å². The second-order valence-electron chi connectivity index (χ2n) is 3.55. The van der Waals surface area contributed by atoms with Crippen molar-refractivity contribution >= 4 is 5.97 Å². The molecule has 3 nitrogen and oxygen atoms in total. The number of hydrogen-bond donors (Lipinski definition) is 1. The summed E-state index contributed by atoms with van der Waals surface area (Å²) in [6.45, 7) is 2.89. The molecule has 72 valence electrons. The third-order valence-electron chi connectivity index (χ3n) is 1.59. The Balaban J connectivity index is 2.89. The molecule has 0 radical (unpaired) electrons. The minimum atomic E-state index is -1.40. The van der Waals surface area contributed by atoms with Gasteiger partial charge in [-0.2, -0.15) is 0 Å². The summed E-state index contributed by atoms with van der Waals surface area (Å²) in [4.78, 5) is 10.6. The minimum absolute atomic E-state index is 0.0572. The number of nitrogens with zero attached hydrogens (tertiary/aromatic N) is 1. The van der Waals surface area contributed by atoms with Gasteiger partial charge in [0.05, 0.1) is 6.54 Å². The molecule has 0 unspecified atom stereocenters. The van der Waals surface area contributed by atoms with Crippen LogP contribution < -0.4 is 0 Å². The Kier molecular flexibility index (Phi) is 2.40. The van der Waals surface area contributed by atoms with Crippen LogP contribution >= 0.6 is 0 Å². The van der Waals surface area contributed by atoms with Crippen LogP contribution in [-0.2, 0) is 6.54 Å². The van der Waals surface area contributed by atoms with Gasteiger partial charge in [-0.3, -0.25) is 0 Å².